The molecular weight excluding hydrogens is 162 g/mol. The van der Waals surface area contributed by atoms with Crippen molar-refractivity contribution in [3.63, 3.8) is 0 Å². The van der Waals surface area contributed by atoms with Crippen LogP contribution in [0, 0.1) is 0 Å². The molecule has 0 heterocycles. The second-order valence-corrected chi connectivity index (χ2v) is 2.19. The van der Waals surface area contributed by atoms with Crippen LogP contribution in [-0.4, -0.2) is 7.11 Å². The second-order valence-electron chi connectivity index (χ2n) is 2.19. The summed E-state index contributed by atoms with van der Waals surface area (Å²) in [7, 11) is 1.51. The largest absolute Gasteiger partial charge is 0.497 e. The Morgan fingerprint density at radius 2 is 1.92 bits per heavy atom. The van der Waals surface area contributed by atoms with Gasteiger partial charge < -0.3 is 4.74 Å². The molecule has 12 heavy (non-hydrogen) atoms. The standard InChI is InChI=1S/C9H8F2O/c1-12-8-4-2-7(3-5-8)9(11)6-10/h2-6H,1H3/b9-6-. The minimum atomic E-state index is -0.877. The Bertz CT molecular complexity index is 277. The van der Waals surface area contributed by atoms with Crippen molar-refractivity contribution in [2.24, 2.45) is 0 Å². The number of hydrogen-bond acceptors (Lipinski definition) is 1. The van der Waals surface area contributed by atoms with Crippen molar-refractivity contribution in [3.05, 3.63) is 36.2 Å². The monoisotopic (exact) mass is 170 g/mol. The summed E-state index contributed by atoms with van der Waals surface area (Å²) in [6.07, 6.45) is -0.0676. The molecule has 0 amide bonds. The summed E-state index contributed by atoms with van der Waals surface area (Å²) < 4.78 is 29.1. The van der Waals surface area contributed by atoms with Gasteiger partial charge in [-0.1, -0.05) is 0 Å². The van der Waals surface area contributed by atoms with Crippen molar-refractivity contribution >= 4 is 5.83 Å². The first kappa shape index (κ1) is 8.71. The lowest BCUT2D eigenvalue weighted by Crippen LogP contribution is -1.82. The van der Waals surface area contributed by atoms with Crippen molar-refractivity contribution in [1.82, 2.24) is 0 Å². The van der Waals surface area contributed by atoms with Crippen molar-refractivity contribution in [2.45, 2.75) is 0 Å². The quantitative estimate of drug-likeness (QED) is 0.663. The van der Waals surface area contributed by atoms with Gasteiger partial charge in [0.15, 0.2) is 5.83 Å². The van der Waals surface area contributed by atoms with E-state index in [9.17, 15) is 8.78 Å². The average Bonchev–Trinajstić information content (AvgIpc) is 2.17. The fourth-order valence-electron chi connectivity index (χ4n) is 0.813. The van der Waals surface area contributed by atoms with Crippen molar-refractivity contribution in [1.29, 1.82) is 0 Å². The molecule has 3 heteroatoms. The van der Waals surface area contributed by atoms with E-state index in [1.54, 1.807) is 12.1 Å². The summed E-state index contributed by atoms with van der Waals surface area (Å²) in [4.78, 5) is 0. The predicted molar refractivity (Wildman–Crippen MR) is 43.2 cm³/mol. The van der Waals surface area contributed by atoms with Crippen LogP contribution in [0.3, 0.4) is 0 Å². The first-order valence-electron chi connectivity index (χ1n) is 3.38. The zero-order valence-electron chi connectivity index (χ0n) is 6.55. The smallest absolute Gasteiger partial charge is 0.158 e. The van der Waals surface area contributed by atoms with Crippen molar-refractivity contribution < 1.29 is 13.5 Å². The van der Waals surface area contributed by atoms with Crippen LogP contribution in [0.5, 0.6) is 5.75 Å². The second kappa shape index (κ2) is 3.85. The third kappa shape index (κ3) is 1.81. The van der Waals surface area contributed by atoms with E-state index in [-0.39, 0.29) is 11.9 Å². The first-order chi connectivity index (χ1) is 5.77. The molecule has 64 valence electrons. The van der Waals surface area contributed by atoms with Crippen molar-refractivity contribution in [3.8, 4) is 5.75 Å². The van der Waals surface area contributed by atoms with Gasteiger partial charge in [0.05, 0.1) is 7.11 Å². The van der Waals surface area contributed by atoms with Gasteiger partial charge in [-0.3, -0.25) is 0 Å². The molecule has 0 saturated heterocycles. The van der Waals surface area contributed by atoms with Crippen LogP contribution in [0.15, 0.2) is 30.6 Å². The highest BCUT2D eigenvalue weighted by atomic mass is 19.2. The Labute approximate surface area is 69.3 Å². The van der Waals surface area contributed by atoms with Gasteiger partial charge in [-0.2, -0.15) is 0 Å². The molecule has 0 N–H and O–H groups in total. The number of halogens is 2. The zero-order valence-corrected chi connectivity index (χ0v) is 6.55. The summed E-state index contributed by atoms with van der Waals surface area (Å²) in [5, 5.41) is 0. The number of hydrogen-bond donors (Lipinski definition) is 0. The highest BCUT2D eigenvalue weighted by molar-refractivity contribution is 5.58. The molecule has 0 bridgehead atoms. The summed E-state index contributed by atoms with van der Waals surface area (Å²) in [5.74, 6) is -0.261. The Hall–Kier alpha value is -1.38. The molecule has 1 rings (SSSR count). The number of rotatable bonds is 2. The van der Waals surface area contributed by atoms with E-state index in [4.69, 9.17) is 4.74 Å². The van der Waals surface area contributed by atoms with E-state index in [1.807, 2.05) is 0 Å². The highest BCUT2D eigenvalue weighted by Crippen LogP contribution is 2.19. The Morgan fingerprint density at radius 1 is 1.33 bits per heavy atom. The zero-order chi connectivity index (χ0) is 8.97. The topological polar surface area (TPSA) is 9.23 Å². The molecule has 1 aromatic carbocycles. The van der Waals surface area contributed by atoms with E-state index in [0.717, 1.165) is 0 Å². The third-order valence-electron chi connectivity index (χ3n) is 1.46. The minimum absolute atomic E-state index is 0.0676. The van der Waals surface area contributed by atoms with Gasteiger partial charge in [0.2, 0.25) is 0 Å². The number of ether oxygens (including phenoxy) is 1. The fourth-order valence-corrected chi connectivity index (χ4v) is 0.813. The molecule has 0 aliphatic rings. The molecule has 0 aromatic heterocycles. The van der Waals surface area contributed by atoms with Gasteiger partial charge in [-0.05, 0) is 24.3 Å². The molecule has 0 atom stereocenters. The van der Waals surface area contributed by atoms with E-state index >= 15 is 0 Å². The third-order valence-corrected chi connectivity index (χ3v) is 1.46. The lowest BCUT2D eigenvalue weighted by Gasteiger charge is -1.99. The Balaban J connectivity index is 2.92. The van der Waals surface area contributed by atoms with Crippen LogP contribution >= 0.6 is 0 Å². The molecular formula is C9H8F2O. The molecule has 0 aliphatic carbocycles. The fraction of sp³-hybridized carbons (Fsp3) is 0.111. The molecule has 1 nitrogen and oxygen atoms in total. The molecule has 0 unspecified atom stereocenters. The molecule has 0 fully saturated rings. The summed E-state index contributed by atoms with van der Waals surface area (Å²) in [6.45, 7) is 0. The lowest BCUT2D eigenvalue weighted by molar-refractivity contribution is 0.414. The predicted octanol–water partition coefficient (Wildman–Crippen LogP) is 2.93. The lowest BCUT2D eigenvalue weighted by atomic mass is 10.2. The van der Waals surface area contributed by atoms with Crippen LogP contribution in [-0.2, 0) is 0 Å². The van der Waals surface area contributed by atoms with E-state index in [1.165, 1.54) is 19.2 Å². The molecule has 0 radical (unpaired) electrons. The van der Waals surface area contributed by atoms with Gasteiger partial charge >= 0.3 is 0 Å². The van der Waals surface area contributed by atoms with Crippen LogP contribution in [0.1, 0.15) is 5.56 Å². The van der Waals surface area contributed by atoms with Gasteiger partial charge in [0, 0.05) is 5.56 Å². The Kier molecular flexibility index (Phi) is 2.80. The number of benzene rings is 1. The van der Waals surface area contributed by atoms with E-state index in [0.29, 0.717) is 5.75 Å². The van der Waals surface area contributed by atoms with E-state index in [2.05, 4.69) is 0 Å². The normalized spacial score (nSPS) is 11.4. The van der Waals surface area contributed by atoms with E-state index < -0.39 is 5.83 Å². The highest BCUT2D eigenvalue weighted by Gasteiger charge is 1.99. The summed E-state index contributed by atoms with van der Waals surface area (Å²) in [6, 6.07) is 6.03. The summed E-state index contributed by atoms with van der Waals surface area (Å²) in [5.41, 5.74) is 0.207. The maximum Gasteiger partial charge on any atom is 0.158 e. The van der Waals surface area contributed by atoms with Gasteiger partial charge in [-0.25, -0.2) is 8.78 Å². The van der Waals surface area contributed by atoms with Gasteiger partial charge in [0.25, 0.3) is 0 Å². The maximum atomic E-state index is 12.5. The average molecular weight is 170 g/mol. The molecule has 0 aliphatic heterocycles. The molecule has 1 aromatic rings. The summed E-state index contributed by atoms with van der Waals surface area (Å²) >= 11 is 0. The first-order valence-corrected chi connectivity index (χ1v) is 3.38. The minimum Gasteiger partial charge on any atom is -0.497 e. The van der Waals surface area contributed by atoms with Crippen LogP contribution in [0.25, 0.3) is 5.83 Å². The Morgan fingerprint density at radius 3 is 2.33 bits per heavy atom. The van der Waals surface area contributed by atoms with Crippen LogP contribution in [0.4, 0.5) is 8.78 Å². The SMILES string of the molecule is COc1ccc(/C(F)=C/F)cc1. The maximum absolute atomic E-state index is 12.5. The molecule has 0 spiro atoms. The van der Waals surface area contributed by atoms with Gasteiger partial charge in [0.1, 0.15) is 12.1 Å². The van der Waals surface area contributed by atoms with Crippen LogP contribution < -0.4 is 4.74 Å². The number of methoxy groups -OCH3 is 1. The van der Waals surface area contributed by atoms with Crippen LogP contribution in [0.2, 0.25) is 0 Å². The molecule has 0 saturated carbocycles. The van der Waals surface area contributed by atoms with Crippen molar-refractivity contribution in [2.75, 3.05) is 7.11 Å². The van der Waals surface area contributed by atoms with Gasteiger partial charge in [-0.15, -0.1) is 0 Å².